The van der Waals surface area contributed by atoms with Gasteiger partial charge in [0, 0.05) is 0 Å². The zero-order valence-corrected chi connectivity index (χ0v) is 10.0. The summed E-state index contributed by atoms with van der Waals surface area (Å²) in [5, 5.41) is 0. The molecule has 16 heavy (non-hydrogen) atoms. The second kappa shape index (κ2) is 6.11. The molecule has 0 fully saturated rings. The molecular weight excluding hydrogens is 200 g/mol. The Bertz CT molecular complexity index is 352. The van der Waals surface area contributed by atoms with Crippen molar-refractivity contribution in [3.63, 3.8) is 0 Å². The number of carbonyl (C=O) groups is 1. The normalized spacial score (nSPS) is 13.0. The van der Waals surface area contributed by atoms with Crippen LogP contribution in [0.25, 0.3) is 0 Å². The van der Waals surface area contributed by atoms with Gasteiger partial charge in [-0.2, -0.15) is 0 Å². The first-order chi connectivity index (χ1) is 7.59. The predicted molar refractivity (Wildman–Crippen MR) is 65.3 cm³/mol. The van der Waals surface area contributed by atoms with Crippen LogP contribution in [0.2, 0.25) is 0 Å². The van der Waals surface area contributed by atoms with Crippen LogP contribution in [0.1, 0.15) is 31.1 Å². The molecule has 0 bridgehead atoms. The van der Waals surface area contributed by atoms with Crippen LogP contribution >= 0.6 is 0 Å². The van der Waals surface area contributed by atoms with Crippen LogP contribution in [0.15, 0.2) is 42.5 Å². The lowest BCUT2D eigenvalue weighted by atomic mass is 10.2. The van der Waals surface area contributed by atoms with Crippen LogP contribution < -0.4 is 0 Å². The molecule has 0 heterocycles. The fraction of sp³-hybridized carbons (Fsp3) is 0.357. The van der Waals surface area contributed by atoms with E-state index in [-0.39, 0.29) is 12.1 Å². The molecule has 0 aromatic heterocycles. The van der Waals surface area contributed by atoms with Crippen LogP contribution in [-0.4, -0.2) is 12.1 Å². The highest BCUT2D eigenvalue weighted by molar-refractivity contribution is 5.89. The lowest BCUT2D eigenvalue weighted by Crippen LogP contribution is -2.12. The van der Waals surface area contributed by atoms with Gasteiger partial charge in [-0.25, -0.2) is 4.79 Å². The molecule has 0 aliphatic rings. The second-order valence-electron chi connectivity index (χ2n) is 4.11. The molecular formula is C14H18O2. The first kappa shape index (κ1) is 12.5. The van der Waals surface area contributed by atoms with Crippen LogP contribution in [-0.2, 0) is 4.74 Å². The minimum Gasteiger partial charge on any atom is -0.455 e. The van der Waals surface area contributed by atoms with E-state index >= 15 is 0 Å². The molecule has 1 rings (SSSR count). The van der Waals surface area contributed by atoms with Gasteiger partial charge in [-0.3, -0.25) is 0 Å². The number of ether oxygens (including phenoxy) is 1. The molecule has 0 amide bonds. The molecule has 1 aromatic rings. The molecule has 0 saturated heterocycles. The van der Waals surface area contributed by atoms with Gasteiger partial charge in [0.05, 0.1) is 5.56 Å². The fourth-order valence-corrected chi connectivity index (χ4v) is 1.23. The number of benzene rings is 1. The minimum atomic E-state index is -0.276. The molecule has 0 saturated carbocycles. The third-order valence-electron chi connectivity index (χ3n) is 2.07. The van der Waals surface area contributed by atoms with E-state index in [4.69, 9.17) is 4.74 Å². The zero-order valence-electron chi connectivity index (χ0n) is 10.0. The molecule has 0 aliphatic carbocycles. The first-order valence-corrected chi connectivity index (χ1v) is 5.54. The van der Waals surface area contributed by atoms with Crippen LogP contribution in [0, 0.1) is 5.92 Å². The second-order valence-corrected chi connectivity index (χ2v) is 4.11. The van der Waals surface area contributed by atoms with Gasteiger partial charge in [0.25, 0.3) is 0 Å². The molecule has 86 valence electrons. The summed E-state index contributed by atoms with van der Waals surface area (Å²) >= 11 is 0. The molecule has 0 spiro atoms. The van der Waals surface area contributed by atoms with Crippen molar-refractivity contribution in [1.82, 2.24) is 0 Å². The Morgan fingerprint density at radius 3 is 2.31 bits per heavy atom. The summed E-state index contributed by atoms with van der Waals surface area (Å²) in [6.07, 6.45) is 3.75. The summed E-state index contributed by atoms with van der Waals surface area (Å²) in [7, 11) is 0. The van der Waals surface area contributed by atoms with Crippen LogP contribution in [0.3, 0.4) is 0 Å². The molecule has 0 aliphatic heterocycles. The molecule has 1 aromatic carbocycles. The summed E-state index contributed by atoms with van der Waals surface area (Å²) in [5.41, 5.74) is 0.590. The van der Waals surface area contributed by atoms with Crippen LogP contribution in [0.4, 0.5) is 0 Å². The Labute approximate surface area is 96.9 Å². The third-order valence-corrected chi connectivity index (χ3v) is 2.07. The molecule has 0 radical (unpaired) electrons. The van der Waals surface area contributed by atoms with Crippen molar-refractivity contribution in [1.29, 1.82) is 0 Å². The summed E-state index contributed by atoms with van der Waals surface area (Å²) < 4.78 is 5.26. The summed E-state index contributed by atoms with van der Waals surface area (Å²) in [6.45, 7) is 6.03. The van der Waals surface area contributed by atoms with Crippen molar-refractivity contribution < 1.29 is 9.53 Å². The van der Waals surface area contributed by atoms with Crippen molar-refractivity contribution in [3.05, 3.63) is 48.0 Å². The highest BCUT2D eigenvalue weighted by Crippen LogP contribution is 2.05. The number of esters is 1. The van der Waals surface area contributed by atoms with Crippen molar-refractivity contribution in [3.8, 4) is 0 Å². The Hall–Kier alpha value is -1.57. The molecule has 0 N–H and O–H groups in total. The van der Waals surface area contributed by atoms with E-state index in [2.05, 4.69) is 13.8 Å². The topological polar surface area (TPSA) is 26.3 Å². The van der Waals surface area contributed by atoms with E-state index < -0.39 is 0 Å². The highest BCUT2D eigenvalue weighted by Gasteiger charge is 2.08. The standard InChI is InChI=1S/C14H18O2/c1-11(2)9-10-12(3)16-14(15)13-7-5-4-6-8-13/h4-12H,1-3H3/b10-9+. The number of rotatable bonds is 4. The lowest BCUT2D eigenvalue weighted by molar-refractivity contribution is 0.0424. The minimum absolute atomic E-state index is 0.185. The van der Waals surface area contributed by atoms with Crippen LogP contribution in [0.5, 0.6) is 0 Å². The van der Waals surface area contributed by atoms with E-state index in [9.17, 15) is 4.79 Å². The largest absolute Gasteiger partial charge is 0.455 e. The van der Waals surface area contributed by atoms with Crippen molar-refractivity contribution in [2.45, 2.75) is 26.9 Å². The van der Waals surface area contributed by atoms with Gasteiger partial charge in [-0.15, -0.1) is 0 Å². The van der Waals surface area contributed by atoms with E-state index in [1.807, 2.05) is 37.3 Å². The third kappa shape index (κ3) is 4.30. The Morgan fingerprint density at radius 2 is 1.75 bits per heavy atom. The molecule has 2 nitrogen and oxygen atoms in total. The van der Waals surface area contributed by atoms with E-state index in [1.165, 1.54) is 0 Å². The Balaban J connectivity index is 2.52. The van der Waals surface area contributed by atoms with E-state index in [0.717, 1.165) is 0 Å². The number of allylic oxidation sites excluding steroid dienone is 1. The maximum Gasteiger partial charge on any atom is 0.338 e. The van der Waals surface area contributed by atoms with Gasteiger partial charge in [-0.1, -0.05) is 38.1 Å². The SMILES string of the molecule is CC(C)/C=C/C(C)OC(=O)c1ccccc1. The lowest BCUT2D eigenvalue weighted by Gasteiger charge is -2.09. The van der Waals surface area contributed by atoms with Gasteiger partial charge in [0.15, 0.2) is 0 Å². The average molecular weight is 218 g/mol. The quantitative estimate of drug-likeness (QED) is 0.571. The molecule has 2 heteroatoms. The smallest absolute Gasteiger partial charge is 0.338 e. The van der Waals surface area contributed by atoms with Gasteiger partial charge in [0.2, 0.25) is 0 Å². The Kier molecular flexibility index (Phi) is 4.77. The van der Waals surface area contributed by atoms with Crippen molar-refractivity contribution in [2.24, 2.45) is 5.92 Å². The fourth-order valence-electron chi connectivity index (χ4n) is 1.23. The summed E-state index contributed by atoms with van der Waals surface area (Å²) in [5.74, 6) is 0.194. The Morgan fingerprint density at radius 1 is 1.12 bits per heavy atom. The van der Waals surface area contributed by atoms with Crippen molar-refractivity contribution >= 4 is 5.97 Å². The van der Waals surface area contributed by atoms with E-state index in [1.54, 1.807) is 12.1 Å². The molecule has 1 atom stereocenters. The van der Waals surface area contributed by atoms with E-state index in [0.29, 0.717) is 11.5 Å². The zero-order chi connectivity index (χ0) is 12.0. The maximum absolute atomic E-state index is 11.6. The van der Waals surface area contributed by atoms with Gasteiger partial charge < -0.3 is 4.74 Å². The van der Waals surface area contributed by atoms with Crippen molar-refractivity contribution in [2.75, 3.05) is 0 Å². The number of hydrogen-bond donors (Lipinski definition) is 0. The number of hydrogen-bond acceptors (Lipinski definition) is 2. The van der Waals surface area contributed by atoms with Gasteiger partial charge in [-0.05, 0) is 31.1 Å². The highest BCUT2D eigenvalue weighted by atomic mass is 16.5. The van der Waals surface area contributed by atoms with Gasteiger partial charge >= 0.3 is 5.97 Å². The monoisotopic (exact) mass is 218 g/mol. The molecule has 1 unspecified atom stereocenters. The number of carbonyl (C=O) groups excluding carboxylic acids is 1. The first-order valence-electron chi connectivity index (χ1n) is 5.54. The summed E-state index contributed by atoms with van der Waals surface area (Å²) in [6, 6.07) is 9.03. The average Bonchev–Trinajstić information content (AvgIpc) is 2.27. The maximum atomic E-state index is 11.6. The summed E-state index contributed by atoms with van der Waals surface area (Å²) in [4.78, 5) is 11.6. The van der Waals surface area contributed by atoms with Gasteiger partial charge in [0.1, 0.15) is 6.10 Å². The predicted octanol–water partition coefficient (Wildman–Crippen LogP) is 3.44.